The molecule has 2 heteroatoms. The molecule has 1 aliphatic heterocycles. The highest BCUT2D eigenvalue weighted by Gasteiger charge is 2.22. The third-order valence-electron chi connectivity index (χ3n) is 1.72. The molecular weight excluding hydrogens is 128 g/mol. The maximum Gasteiger partial charge on any atom is 0.0910 e. The Morgan fingerprint density at radius 1 is 1.80 bits per heavy atom. The van der Waals surface area contributed by atoms with Gasteiger partial charge in [0, 0.05) is 13.0 Å². The zero-order valence-corrected chi connectivity index (χ0v) is 5.92. The van der Waals surface area contributed by atoms with Crippen molar-refractivity contribution in [3.63, 3.8) is 0 Å². The summed E-state index contributed by atoms with van der Waals surface area (Å²) in [5.41, 5.74) is 0. The summed E-state index contributed by atoms with van der Waals surface area (Å²) in [5.74, 6) is 2.41. The van der Waals surface area contributed by atoms with Gasteiger partial charge in [-0.1, -0.05) is 0 Å². The Bertz CT molecular complexity index is 131. The van der Waals surface area contributed by atoms with E-state index in [2.05, 4.69) is 5.92 Å². The van der Waals surface area contributed by atoms with E-state index in [1.165, 1.54) is 0 Å². The van der Waals surface area contributed by atoms with Crippen molar-refractivity contribution in [3.05, 3.63) is 0 Å². The van der Waals surface area contributed by atoms with Crippen molar-refractivity contribution in [2.24, 2.45) is 0 Å². The van der Waals surface area contributed by atoms with Crippen LogP contribution in [0.2, 0.25) is 0 Å². The Kier molecular flexibility index (Phi) is 2.73. The van der Waals surface area contributed by atoms with Gasteiger partial charge in [-0.3, -0.25) is 0 Å². The van der Waals surface area contributed by atoms with Crippen molar-refractivity contribution >= 4 is 0 Å². The topological polar surface area (TPSA) is 29.5 Å². The van der Waals surface area contributed by atoms with Crippen LogP contribution in [0.15, 0.2) is 0 Å². The van der Waals surface area contributed by atoms with Gasteiger partial charge in [-0.2, -0.15) is 0 Å². The summed E-state index contributed by atoms with van der Waals surface area (Å²) in [5, 5.41) is 9.28. The maximum atomic E-state index is 9.28. The summed E-state index contributed by atoms with van der Waals surface area (Å²) < 4.78 is 5.22. The highest BCUT2D eigenvalue weighted by molar-refractivity contribution is 4.90. The second kappa shape index (κ2) is 3.60. The first-order valence-electron chi connectivity index (χ1n) is 3.57. The van der Waals surface area contributed by atoms with Crippen LogP contribution in [0, 0.1) is 12.3 Å². The fourth-order valence-corrected chi connectivity index (χ4v) is 1.16. The average Bonchev–Trinajstić information content (AvgIpc) is 2.38. The van der Waals surface area contributed by atoms with E-state index in [0.29, 0.717) is 6.42 Å². The minimum atomic E-state index is -0.451. The van der Waals surface area contributed by atoms with Crippen LogP contribution in [0.1, 0.15) is 19.3 Å². The number of ether oxygens (including phenoxy) is 1. The van der Waals surface area contributed by atoms with Crippen molar-refractivity contribution in [2.45, 2.75) is 31.5 Å². The fraction of sp³-hybridized carbons (Fsp3) is 0.750. The van der Waals surface area contributed by atoms with E-state index in [9.17, 15) is 5.11 Å². The lowest BCUT2D eigenvalue weighted by Crippen LogP contribution is -2.24. The molecule has 0 unspecified atom stereocenters. The van der Waals surface area contributed by atoms with Gasteiger partial charge in [-0.05, 0) is 12.8 Å². The molecule has 0 aromatic heterocycles. The summed E-state index contributed by atoms with van der Waals surface area (Å²) in [6.45, 7) is 0.770. The second-order valence-corrected chi connectivity index (χ2v) is 2.53. The molecule has 56 valence electrons. The van der Waals surface area contributed by atoms with Crippen LogP contribution < -0.4 is 0 Å². The van der Waals surface area contributed by atoms with Gasteiger partial charge in [0.05, 0.1) is 12.2 Å². The molecule has 1 rings (SSSR count). The van der Waals surface area contributed by atoms with Gasteiger partial charge in [-0.15, -0.1) is 12.3 Å². The van der Waals surface area contributed by atoms with E-state index in [-0.39, 0.29) is 6.10 Å². The quantitative estimate of drug-likeness (QED) is 0.567. The predicted molar refractivity (Wildman–Crippen MR) is 38.4 cm³/mol. The standard InChI is InChI=1S/C8H12O2/c1-2-4-7(9)8-5-3-6-10-8/h1,7-9H,3-6H2/t7-,8-/m0/s1. The minimum absolute atomic E-state index is 0.00366. The molecule has 1 aliphatic rings. The highest BCUT2D eigenvalue weighted by atomic mass is 16.5. The summed E-state index contributed by atoms with van der Waals surface area (Å²) in [6, 6.07) is 0. The molecule has 1 N–H and O–H groups in total. The lowest BCUT2D eigenvalue weighted by Gasteiger charge is -2.13. The minimum Gasteiger partial charge on any atom is -0.389 e. The van der Waals surface area contributed by atoms with Gasteiger partial charge >= 0.3 is 0 Å². The van der Waals surface area contributed by atoms with Crippen molar-refractivity contribution in [1.82, 2.24) is 0 Å². The van der Waals surface area contributed by atoms with Crippen molar-refractivity contribution in [2.75, 3.05) is 6.61 Å². The number of aliphatic hydroxyl groups excluding tert-OH is 1. The molecule has 0 saturated carbocycles. The molecule has 10 heavy (non-hydrogen) atoms. The van der Waals surface area contributed by atoms with Crippen molar-refractivity contribution < 1.29 is 9.84 Å². The van der Waals surface area contributed by atoms with Crippen LogP contribution in [0.4, 0.5) is 0 Å². The van der Waals surface area contributed by atoms with E-state index >= 15 is 0 Å². The van der Waals surface area contributed by atoms with Crippen LogP contribution in [0.3, 0.4) is 0 Å². The van der Waals surface area contributed by atoms with Gasteiger partial charge in [-0.25, -0.2) is 0 Å². The Hall–Kier alpha value is -0.520. The number of terminal acetylenes is 1. The van der Waals surface area contributed by atoms with Crippen LogP contribution in [0.25, 0.3) is 0 Å². The molecule has 0 spiro atoms. The second-order valence-electron chi connectivity index (χ2n) is 2.53. The molecule has 1 heterocycles. The average molecular weight is 140 g/mol. The Balaban J connectivity index is 2.26. The van der Waals surface area contributed by atoms with Gasteiger partial charge in [0.25, 0.3) is 0 Å². The van der Waals surface area contributed by atoms with Gasteiger partial charge < -0.3 is 9.84 Å². The van der Waals surface area contributed by atoms with E-state index in [0.717, 1.165) is 19.4 Å². The first-order valence-corrected chi connectivity index (χ1v) is 3.57. The number of hydrogen-bond acceptors (Lipinski definition) is 2. The Labute approximate surface area is 61.2 Å². The lowest BCUT2D eigenvalue weighted by atomic mass is 10.1. The summed E-state index contributed by atoms with van der Waals surface area (Å²) in [6.07, 6.45) is 6.98. The SMILES string of the molecule is C#CC[C@H](O)[C@@H]1CCCO1. The van der Waals surface area contributed by atoms with Crippen molar-refractivity contribution in [3.8, 4) is 12.3 Å². The zero-order valence-electron chi connectivity index (χ0n) is 5.92. The molecule has 0 amide bonds. The lowest BCUT2D eigenvalue weighted by molar-refractivity contribution is 0.00161. The van der Waals surface area contributed by atoms with E-state index in [1.54, 1.807) is 0 Å². The molecule has 0 radical (unpaired) electrons. The Morgan fingerprint density at radius 3 is 3.10 bits per heavy atom. The summed E-state index contributed by atoms with van der Waals surface area (Å²) in [7, 11) is 0. The Morgan fingerprint density at radius 2 is 2.60 bits per heavy atom. The molecule has 2 atom stereocenters. The van der Waals surface area contributed by atoms with E-state index in [4.69, 9.17) is 11.2 Å². The third-order valence-corrected chi connectivity index (χ3v) is 1.72. The number of aliphatic hydroxyl groups is 1. The van der Waals surface area contributed by atoms with Gasteiger partial charge in [0.1, 0.15) is 0 Å². The molecule has 0 aliphatic carbocycles. The van der Waals surface area contributed by atoms with Crippen LogP contribution in [-0.4, -0.2) is 23.9 Å². The number of rotatable bonds is 2. The fourth-order valence-electron chi connectivity index (χ4n) is 1.16. The third kappa shape index (κ3) is 1.73. The summed E-state index contributed by atoms with van der Waals surface area (Å²) in [4.78, 5) is 0. The monoisotopic (exact) mass is 140 g/mol. The van der Waals surface area contributed by atoms with Crippen LogP contribution in [0.5, 0.6) is 0 Å². The molecule has 1 fully saturated rings. The molecule has 0 aromatic carbocycles. The predicted octanol–water partition coefficient (Wildman–Crippen LogP) is 0.550. The molecule has 2 nitrogen and oxygen atoms in total. The van der Waals surface area contributed by atoms with E-state index in [1.807, 2.05) is 0 Å². The van der Waals surface area contributed by atoms with Crippen LogP contribution >= 0.6 is 0 Å². The zero-order chi connectivity index (χ0) is 7.40. The number of hydrogen-bond donors (Lipinski definition) is 1. The maximum absolute atomic E-state index is 9.28. The molecular formula is C8H12O2. The van der Waals surface area contributed by atoms with Gasteiger partial charge in [0.2, 0.25) is 0 Å². The van der Waals surface area contributed by atoms with E-state index < -0.39 is 6.10 Å². The smallest absolute Gasteiger partial charge is 0.0910 e. The molecule has 0 bridgehead atoms. The normalized spacial score (nSPS) is 27.8. The van der Waals surface area contributed by atoms with Crippen LogP contribution in [-0.2, 0) is 4.74 Å². The summed E-state index contributed by atoms with van der Waals surface area (Å²) >= 11 is 0. The highest BCUT2D eigenvalue weighted by Crippen LogP contribution is 2.16. The molecule has 0 aromatic rings. The van der Waals surface area contributed by atoms with Crippen molar-refractivity contribution in [1.29, 1.82) is 0 Å². The first kappa shape index (κ1) is 7.59. The first-order chi connectivity index (χ1) is 4.84. The molecule has 1 saturated heterocycles. The largest absolute Gasteiger partial charge is 0.389 e. The van der Waals surface area contributed by atoms with Gasteiger partial charge in [0.15, 0.2) is 0 Å².